The van der Waals surface area contributed by atoms with Gasteiger partial charge in [-0.15, -0.1) is 6.58 Å². The van der Waals surface area contributed by atoms with Gasteiger partial charge in [0.15, 0.2) is 0 Å². The maximum Gasteiger partial charge on any atom is 0.292 e. The van der Waals surface area contributed by atoms with Gasteiger partial charge in [0, 0.05) is 17.6 Å². The highest BCUT2D eigenvalue weighted by atomic mass is 35.5. The van der Waals surface area contributed by atoms with Crippen LogP contribution in [0.25, 0.3) is 0 Å². The van der Waals surface area contributed by atoms with Crippen molar-refractivity contribution >= 4 is 23.0 Å². The molecule has 0 heterocycles. The second kappa shape index (κ2) is 5.36. The number of halogens is 1. The number of nitro benzene ring substituents is 1. The Balaban J connectivity index is 2.86. The minimum absolute atomic E-state index is 0.0310. The second-order valence-corrected chi connectivity index (χ2v) is 3.36. The Morgan fingerprint density at radius 3 is 2.93 bits per heavy atom. The fraction of sp³-hybridized carbons (Fsp3) is 0.200. The predicted octanol–water partition coefficient (Wildman–Crippen LogP) is 3.24. The number of nitrogens with one attached hydrogen (secondary N) is 1. The molecule has 1 aromatic carbocycles. The van der Waals surface area contributed by atoms with E-state index in [1.807, 2.05) is 0 Å². The molecular formula is C10H11ClN2O2. The molecule has 0 saturated heterocycles. The number of nitrogens with zero attached hydrogens (tertiary/aromatic N) is 1. The summed E-state index contributed by atoms with van der Waals surface area (Å²) in [7, 11) is 0. The zero-order valence-electron chi connectivity index (χ0n) is 8.07. The molecule has 0 aliphatic heterocycles. The molecule has 4 nitrogen and oxygen atoms in total. The Morgan fingerprint density at radius 1 is 1.60 bits per heavy atom. The highest BCUT2D eigenvalue weighted by Crippen LogP contribution is 2.27. The third-order valence-corrected chi connectivity index (χ3v) is 2.05. The van der Waals surface area contributed by atoms with E-state index in [9.17, 15) is 10.1 Å². The Kier molecular flexibility index (Phi) is 4.12. The smallest absolute Gasteiger partial charge is 0.292 e. The van der Waals surface area contributed by atoms with Gasteiger partial charge >= 0.3 is 0 Å². The van der Waals surface area contributed by atoms with Crippen molar-refractivity contribution in [3.63, 3.8) is 0 Å². The summed E-state index contributed by atoms with van der Waals surface area (Å²) in [5.74, 6) is 0. The Hall–Kier alpha value is -1.55. The van der Waals surface area contributed by atoms with E-state index in [4.69, 9.17) is 11.6 Å². The van der Waals surface area contributed by atoms with E-state index in [1.54, 1.807) is 12.1 Å². The lowest BCUT2D eigenvalue weighted by atomic mass is 10.2. The van der Waals surface area contributed by atoms with E-state index in [1.165, 1.54) is 12.1 Å². The van der Waals surface area contributed by atoms with Crippen LogP contribution < -0.4 is 5.32 Å². The first-order valence-electron chi connectivity index (χ1n) is 4.44. The number of anilines is 1. The molecule has 80 valence electrons. The van der Waals surface area contributed by atoms with Crippen molar-refractivity contribution in [3.05, 3.63) is 46.0 Å². The zero-order valence-corrected chi connectivity index (χ0v) is 8.83. The first-order valence-corrected chi connectivity index (χ1v) is 4.81. The molecule has 0 amide bonds. The third-order valence-electron chi connectivity index (χ3n) is 1.82. The van der Waals surface area contributed by atoms with Crippen LogP contribution in [0.2, 0.25) is 5.02 Å². The van der Waals surface area contributed by atoms with Gasteiger partial charge in [-0.2, -0.15) is 0 Å². The normalized spacial score (nSPS) is 9.67. The van der Waals surface area contributed by atoms with E-state index in [0.29, 0.717) is 17.3 Å². The van der Waals surface area contributed by atoms with Crippen LogP contribution in [0.5, 0.6) is 0 Å². The van der Waals surface area contributed by atoms with Crippen LogP contribution in [0, 0.1) is 10.1 Å². The minimum Gasteiger partial charge on any atom is -0.379 e. The molecule has 0 radical (unpaired) electrons. The fourth-order valence-electron chi connectivity index (χ4n) is 1.12. The van der Waals surface area contributed by atoms with Gasteiger partial charge in [-0.3, -0.25) is 10.1 Å². The van der Waals surface area contributed by atoms with E-state index in [2.05, 4.69) is 11.9 Å². The third kappa shape index (κ3) is 3.25. The molecule has 0 bridgehead atoms. The molecule has 0 aliphatic carbocycles. The number of hydrogen-bond donors (Lipinski definition) is 1. The summed E-state index contributed by atoms with van der Waals surface area (Å²) < 4.78 is 0. The first-order chi connectivity index (χ1) is 7.15. The van der Waals surface area contributed by atoms with Crippen molar-refractivity contribution in [3.8, 4) is 0 Å². The predicted molar refractivity (Wildman–Crippen MR) is 61.4 cm³/mol. The number of nitro groups is 1. The van der Waals surface area contributed by atoms with Crippen molar-refractivity contribution < 1.29 is 4.92 Å². The molecule has 1 rings (SSSR count). The molecule has 0 atom stereocenters. The van der Waals surface area contributed by atoms with E-state index in [0.717, 1.165) is 6.42 Å². The van der Waals surface area contributed by atoms with Crippen LogP contribution >= 0.6 is 11.6 Å². The van der Waals surface area contributed by atoms with Gasteiger partial charge in [-0.05, 0) is 18.6 Å². The summed E-state index contributed by atoms with van der Waals surface area (Å²) in [6.45, 7) is 4.17. The summed E-state index contributed by atoms with van der Waals surface area (Å²) in [5, 5.41) is 14.1. The van der Waals surface area contributed by atoms with Crippen LogP contribution in [0.3, 0.4) is 0 Å². The molecule has 1 N–H and O–H groups in total. The van der Waals surface area contributed by atoms with Crippen LogP contribution in [-0.2, 0) is 0 Å². The molecule has 15 heavy (non-hydrogen) atoms. The van der Waals surface area contributed by atoms with Crippen molar-refractivity contribution in [2.24, 2.45) is 0 Å². The van der Waals surface area contributed by atoms with Gasteiger partial charge in [-0.25, -0.2) is 0 Å². The van der Waals surface area contributed by atoms with Crippen molar-refractivity contribution in [1.82, 2.24) is 0 Å². The standard InChI is InChI=1S/C10H11ClN2O2/c1-2-3-6-12-9-7-8(11)4-5-10(9)13(14)15/h2,4-5,7,12H,1,3,6H2. The van der Waals surface area contributed by atoms with E-state index < -0.39 is 4.92 Å². The van der Waals surface area contributed by atoms with E-state index in [-0.39, 0.29) is 5.69 Å². The number of rotatable bonds is 5. The largest absolute Gasteiger partial charge is 0.379 e. The lowest BCUT2D eigenvalue weighted by molar-refractivity contribution is -0.384. The maximum atomic E-state index is 10.7. The molecule has 0 saturated carbocycles. The van der Waals surface area contributed by atoms with Crippen molar-refractivity contribution in [2.45, 2.75) is 6.42 Å². The Morgan fingerprint density at radius 2 is 2.33 bits per heavy atom. The zero-order chi connectivity index (χ0) is 11.3. The summed E-state index contributed by atoms with van der Waals surface area (Å²) in [5.41, 5.74) is 0.470. The Labute approximate surface area is 92.7 Å². The summed E-state index contributed by atoms with van der Waals surface area (Å²) >= 11 is 5.75. The molecule has 0 unspecified atom stereocenters. The average Bonchev–Trinajstić information content (AvgIpc) is 2.18. The van der Waals surface area contributed by atoms with Gasteiger partial charge in [0.05, 0.1) is 4.92 Å². The number of benzene rings is 1. The van der Waals surface area contributed by atoms with E-state index >= 15 is 0 Å². The van der Waals surface area contributed by atoms with Gasteiger partial charge in [0.2, 0.25) is 0 Å². The molecular weight excluding hydrogens is 216 g/mol. The minimum atomic E-state index is -0.438. The maximum absolute atomic E-state index is 10.7. The summed E-state index contributed by atoms with van der Waals surface area (Å²) in [4.78, 5) is 10.2. The number of hydrogen-bond acceptors (Lipinski definition) is 3. The summed E-state index contributed by atoms with van der Waals surface area (Å²) in [6.07, 6.45) is 2.48. The van der Waals surface area contributed by atoms with Crippen LogP contribution in [0.15, 0.2) is 30.9 Å². The highest BCUT2D eigenvalue weighted by Gasteiger charge is 2.12. The first kappa shape index (κ1) is 11.5. The Bertz CT molecular complexity index is 380. The molecule has 0 aliphatic rings. The highest BCUT2D eigenvalue weighted by molar-refractivity contribution is 6.31. The van der Waals surface area contributed by atoms with Gasteiger partial charge in [0.25, 0.3) is 5.69 Å². The topological polar surface area (TPSA) is 55.2 Å². The second-order valence-electron chi connectivity index (χ2n) is 2.92. The monoisotopic (exact) mass is 226 g/mol. The molecule has 1 aromatic rings. The lowest BCUT2D eigenvalue weighted by Crippen LogP contribution is -2.03. The van der Waals surface area contributed by atoms with Crippen LogP contribution in [-0.4, -0.2) is 11.5 Å². The lowest BCUT2D eigenvalue weighted by Gasteiger charge is -2.05. The van der Waals surface area contributed by atoms with Crippen LogP contribution in [0.1, 0.15) is 6.42 Å². The molecule has 0 spiro atoms. The molecule has 5 heteroatoms. The average molecular weight is 227 g/mol. The SMILES string of the molecule is C=CCCNc1cc(Cl)ccc1[N+](=O)[O-]. The van der Waals surface area contributed by atoms with Gasteiger partial charge < -0.3 is 5.32 Å². The van der Waals surface area contributed by atoms with Crippen LogP contribution in [0.4, 0.5) is 11.4 Å². The summed E-state index contributed by atoms with van der Waals surface area (Å²) in [6, 6.07) is 4.43. The molecule has 0 aromatic heterocycles. The van der Waals surface area contributed by atoms with Gasteiger partial charge in [-0.1, -0.05) is 17.7 Å². The van der Waals surface area contributed by atoms with Crippen molar-refractivity contribution in [2.75, 3.05) is 11.9 Å². The fourth-order valence-corrected chi connectivity index (χ4v) is 1.29. The molecule has 0 fully saturated rings. The van der Waals surface area contributed by atoms with Gasteiger partial charge in [0.1, 0.15) is 5.69 Å². The van der Waals surface area contributed by atoms with Crippen molar-refractivity contribution in [1.29, 1.82) is 0 Å². The quantitative estimate of drug-likeness (QED) is 0.363.